The molecular formula is C14H19FN2O3. The molecule has 1 aromatic rings. The molecule has 0 unspecified atom stereocenters. The van der Waals surface area contributed by atoms with Crippen molar-refractivity contribution in [3.63, 3.8) is 0 Å². The van der Waals surface area contributed by atoms with E-state index < -0.39 is 16.6 Å². The number of benzene rings is 1. The predicted molar refractivity (Wildman–Crippen MR) is 74.2 cm³/mol. The fraction of sp³-hybridized carbons (Fsp3) is 0.500. The molecule has 1 aromatic carbocycles. The molecule has 0 saturated carbocycles. The Morgan fingerprint density at radius 2 is 2.10 bits per heavy atom. The van der Waals surface area contributed by atoms with Crippen molar-refractivity contribution in [3.8, 4) is 0 Å². The number of hydrogen-bond acceptors (Lipinski definition) is 3. The number of nitrogens with zero attached hydrogens (tertiary/aromatic N) is 1. The van der Waals surface area contributed by atoms with Gasteiger partial charge in [0.05, 0.1) is 10.5 Å². The molecule has 1 N–H and O–H groups in total. The standard InChI is InChI=1S/C14H19FN2O3/c1-9(2)5-4-6-16-14(18)11-7-12(15)10(3)13(8-11)17(19)20/h7-9H,4-6H2,1-3H3,(H,16,18). The lowest BCUT2D eigenvalue weighted by atomic mass is 10.1. The summed E-state index contributed by atoms with van der Waals surface area (Å²) in [6.45, 7) is 5.96. The highest BCUT2D eigenvalue weighted by Crippen LogP contribution is 2.22. The van der Waals surface area contributed by atoms with Gasteiger partial charge in [-0.2, -0.15) is 0 Å². The summed E-state index contributed by atoms with van der Waals surface area (Å²) in [5.74, 6) is -0.688. The highest BCUT2D eigenvalue weighted by atomic mass is 19.1. The Hall–Kier alpha value is -1.98. The Labute approximate surface area is 117 Å². The maximum atomic E-state index is 13.6. The van der Waals surface area contributed by atoms with Gasteiger partial charge in [-0.1, -0.05) is 13.8 Å². The molecule has 0 aliphatic carbocycles. The fourth-order valence-electron chi connectivity index (χ4n) is 1.80. The van der Waals surface area contributed by atoms with Crippen molar-refractivity contribution in [2.45, 2.75) is 33.6 Å². The minimum absolute atomic E-state index is 0.0238. The first-order chi connectivity index (χ1) is 9.32. The molecule has 6 heteroatoms. The maximum absolute atomic E-state index is 13.6. The van der Waals surface area contributed by atoms with Crippen LogP contribution >= 0.6 is 0 Å². The van der Waals surface area contributed by atoms with Crippen molar-refractivity contribution in [1.29, 1.82) is 0 Å². The molecule has 5 nitrogen and oxygen atoms in total. The van der Waals surface area contributed by atoms with Crippen LogP contribution in [0.5, 0.6) is 0 Å². The van der Waals surface area contributed by atoms with Gasteiger partial charge in [-0.3, -0.25) is 14.9 Å². The van der Waals surface area contributed by atoms with E-state index in [-0.39, 0.29) is 16.8 Å². The Morgan fingerprint density at radius 1 is 1.45 bits per heavy atom. The van der Waals surface area contributed by atoms with Crippen molar-refractivity contribution < 1.29 is 14.1 Å². The van der Waals surface area contributed by atoms with Crippen LogP contribution < -0.4 is 5.32 Å². The van der Waals surface area contributed by atoms with E-state index in [9.17, 15) is 19.3 Å². The molecule has 1 rings (SSSR count). The topological polar surface area (TPSA) is 72.2 Å². The van der Waals surface area contributed by atoms with Crippen LogP contribution in [0.15, 0.2) is 12.1 Å². The maximum Gasteiger partial charge on any atom is 0.276 e. The Balaban J connectivity index is 2.76. The molecular weight excluding hydrogens is 263 g/mol. The molecule has 0 aliphatic rings. The molecule has 0 radical (unpaired) electrons. The zero-order valence-corrected chi connectivity index (χ0v) is 11.9. The van der Waals surface area contributed by atoms with Gasteiger partial charge in [0.1, 0.15) is 5.82 Å². The van der Waals surface area contributed by atoms with E-state index in [0.717, 1.165) is 25.0 Å². The summed E-state index contributed by atoms with van der Waals surface area (Å²) in [5.41, 5.74) is -0.465. The summed E-state index contributed by atoms with van der Waals surface area (Å²) in [4.78, 5) is 21.9. The van der Waals surface area contributed by atoms with Crippen molar-refractivity contribution >= 4 is 11.6 Å². The Bertz CT molecular complexity index is 515. The average Bonchev–Trinajstić information content (AvgIpc) is 2.36. The normalized spacial score (nSPS) is 10.7. The van der Waals surface area contributed by atoms with Crippen LogP contribution in [0.1, 0.15) is 42.6 Å². The third kappa shape index (κ3) is 4.29. The number of rotatable bonds is 6. The summed E-state index contributed by atoms with van der Waals surface area (Å²) in [6.07, 6.45) is 1.79. The number of carbonyl (C=O) groups is 1. The SMILES string of the molecule is Cc1c(F)cc(C(=O)NCCCC(C)C)cc1[N+](=O)[O-]. The van der Waals surface area contributed by atoms with E-state index in [2.05, 4.69) is 19.2 Å². The largest absolute Gasteiger partial charge is 0.352 e. The third-order valence-corrected chi connectivity index (χ3v) is 3.02. The second-order valence-electron chi connectivity index (χ2n) is 5.15. The van der Waals surface area contributed by atoms with E-state index in [1.165, 1.54) is 6.92 Å². The van der Waals surface area contributed by atoms with Crippen LogP contribution in [-0.4, -0.2) is 17.4 Å². The lowest BCUT2D eigenvalue weighted by molar-refractivity contribution is -0.385. The number of halogens is 1. The fourth-order valence-corrected chi connectivity index (χ4v) is 1.80. The van der Waals surface area contributed by atoms with Gasteiger partial charge >= 0.3 is 0 Å². The minimum Gasteiger partial charge on any atom is -0.352 e. The van der Waals surface area contributed by atoms with E-state index in [1.807, 2.05) is 0 Å². The van der Waals surface area contributed by atoms with Crippen LogP contribution in [0.2, 0.25) is 0 Å². The van der Waals surface area contributed by atoms with Gasteiger partial charge < -0.3 is 5.32 Å². The molecule has 0 saturated heterocycles. The van der Waals surface area contributed by atoms with Gasteiger partial charge in [-0.05, 0) is 31.7 Å². The summed E-state index contributed by atoms with van der Waals surface area (Å²) in [6, 6.07) is 2.14. The van der Waals surface area contributed by atoms with Crippen LogP contribution in [0.25, 0.3) is 0 Å². The molecule has 20 heavy (non-hydrogen) atoms. The second-order valence-corrected chi connectivity index (χ2v) is 5.15. The molecule has 110 valence electrons. The number of nitro groups is 1. The number of nitro benzene ring substituents is 1. The molecule has 0 heterocycles. The molecule has 0 spiro atoms. The van der Waals surface area contributed by atoms with Gasteiger partial charge in [-0.15, -0.1) is 0 Å². The van der Waals surface area contributed by atoms with Gasteiger partial charge in [0.2, 0.25) is 0 Å². The van der Waals surface area contributed by atoms with Crippen molar-refractivity contribution in [2.24, 2.45) is 5.92 Å². The number of carbonyl (C=O) groups excluding carboxylic acids is 1. The highest BCUT2D eigenvalue weighted by molar-refractivity contribution is 5.95. The molecule has 0 atom stereocenters. The minimum atomic E-state index is -0.744. The van der Waals surface area contributed by atoms with E-state index >= 15 is 0 Å². The van der Waals surface area contributed by atoms with Gasteiger partial charge in [0.25, 0.3) is 11.6 Å². The van der Waals surface area contributed by atoms with Crippen LogP contribution in [0.4, 0.5) is 10.1 Å². The molecule has 1 amide bonds. The highest BCUT2D eigenvalue weighted by Gasteiger charge is 2.19. The van der Waals surface area contributed by atoms with Gasteiger partial charge in [0, 0.05) is 18.2 Å². The van der Waals surface area contributed by atoms with Crippen LogP contribution in [0, 0.1) is 28.8 Å². The summed E-state index contributed by atoms with van der Waals surface area (Å²) in [5, 5.41) is 13.4. The van der Waals surface area contributed by atoms with E-state index in [1.54, 1.807) is 0 Å². The molecule has 0 bridgehead atoms. The Morgan fingerprint density at radius 3 is 2.65 bits per heavy atom. The van der Waals surface area contributed by atoms with Gasteiger partial charge in [-0.25, -0.2) is 4.39 Å². The van der Waals surface area contributed by atoms with Crippen molar-refractivity contribution in [1.82, 2.24) is 5.32 Å². The van der Waals surface area contributed by atoms with Gasteiger partial charge in [0.15, 0.2) is 0 Å². The van der Waals surface area contributed by atoms with E-state index in [4.69, 9.17) is 0 Å². The van der Waals surface area contributed by atoms with Crippen LogP contribution in [-0.2, 0) is 0 Å². The second kappa shape index (κ2) is 6.98. The average molecular weight is 282 g/mol. The number of nitrogens with one attached hydrogen (secondary N) is 1. The third-order valence-electron chi connectivity index (χ3n) is 3.02. The number of amides is 1. The lowest BCUT2D eigenvalue weighted by Crippen LogP contribution is -2.25. The monoisotopic (exact) mass is 282 g/mol. The van der Waals surface area contributed by atoms with Crippen LogP contribution in [0.3, 0.4) is 0 Å². The van der Waals surface area contributed by atoms with Crippen molar-refractivity contribution in [3.05, 3.63) is 39.2 Å². The Kier molecular flexibility index (Phi) is 5.61. The van der Waals surface area contributed by atoms with Crippen molar-refractivity contribution in [2.75, 3.05) is 6.54 Å². The molecule has 0 fully saturated rings. The first-order valence-corrected chi connectivity index (χ1v) is 6.55. The summed E-state index contributed by atoms with van der Waals surface area (Å²) >= 11 is 0. The summed E-state index contributed by atoms with van der Waals surface area (Å²) in [7, 11) is 0. The molecule has 0 aromatic heterocycles. The first kappa shape index (κ1) is 16.1. The zero-order chi connectivity index (χ0) is 15.3. The smallest absolute Gasteiger partial charge is 0.276 e. The zero-order valence-electron chi connectivity index (χ0n) is 11.9. The predicted octanol–water partition coefficient (Wildman–Crippen LogP) is 3.21. The van der Waals surface area contributed by atoms with E-state index in [0.29, 0.717) is 12.5 Å². The first-order valence-electron chi connectivity index (χ1n) is 6.55. The lowest BCUT2D eigenvalue weighted by Gasteiger charge is -2.08. The quantitative estimate of drug-likeness (QED) is 0.494. The molecule has 0 aliphatic heterocycles. The summed E-state index contributed by atoms with van der Waals surface area (Å²) < 4.78 is 13.6. The number of hydrogen-bond donors (Lipinski definition) is 1.